The Bertz CT molecular complexity index is 405. The maximum Gasteiger partial charge on any atom is 0.127 e. The summed E-state index contributed by atoms with van der Waals surface area (Å²) >= 11 is 6.23. The van der Waals surface area contributed by atoms with Gasteiger partial charge in [-0.25, -0.2) is 0 Å². The quantitative estimate of drug-likeness (QED) is 0.856. The van der Waals surface area contributed by atoms with Crippen molar-refractivity contribution in [2.24, 2.45) is 5.73 Å². The maximum absolute atomic E-state index is 9.16. The summed E-state index contributed by atoms with van der Waals surface area (Å²) in [7, 11) is 1.60. The molecule has 4 heteroatoms. The average Bonchev–Trinajstić information content (AvgIpc) is 2.29. The molecule has 3 N–H and O–H groups in total. The molecule has 0 saturated heterocycles. The normalized spacial score (nSPS) is 12.7. The molecular weight excluding hydrogens is 226 g/mol. The number of ether oxygens (including phenoxy) is 1. The van der Waals surface area contributed by atoms with Gasteiger partial charge in [-0.3, -0.25) is 0 Å². The summed E-state index contributed by atoms with van der Waals surface area (Å²) < 4.78 is 5.37. The van der Waals surface area contributed by atoms with E-state index in [4.69, 9.17) is 27.2 Å². The fourth-order valence-corrected chi connectivity index (χ4v) is 2.15. The first-order chi connectivity index (χ1) is 7.45. The van der Waals surface area contributed by atoms with Gasteiger partial charge >= 0.3 is 0 Å². The summed E-state index contributed by atoms with van der Waals surface area (Å²) in [5.41, 5.74) is 9.50. The predicted octanol–water partition coefficient (Wildman–Crippen LogP) is 2.27. The van der Waals surface area contributed by atoms with E-state index in [2.05, 4.69) is 0 Å². The zero-order valence-corrected chi connectivity index (χ0v) is 10.9. The highest BCUT2D eigenvalue weighted by Crippen LogP contribution is 2.38. The number of rotatable bonds is 3. The number of hydrogen-bond donors (Lipinski definition) is 2. The van der Waals surface area contributed by atoms with Crippen LogP contribution >= 0.6 is 11.6 Å². The minimum absolute atomic E-state index is 0.129. The average molecular weight is 244 g/mol. The standard InChI is InChI=1S/C12H18ClNO2/c1-6-7(2)12(16-4)10(9(14)5-15)8(3)11(6)13/h9,15H,5,14H2,1-4H3. The summed E-state index contributed by atoms with van der Waals surface area (Å²) in [6.07, 6.45) is 0. The molecule has 0 aliphatic carbocycles. The number of hydrogen-bond acceptors (Lipinski definition) is 3. The van der Waals surface area contributed by atoms with E-state index < -0.39 is 6.04 Å². The van der Waals surface area contributed by atoms with E-state index in [1.807, 2.05) is 20.8 Å². The Morgan fingerprint density at radius 3 is 2.25 bits per heavy atom. The molecule has 0 heterocycles. The minimum Gasteiger partial charge on any atom is -0.496 e. The van der Waals surface area contributed by atoms with Gasteiger partial charge in [0.05, 0.1) is 19.8 Å². The summed E-state index contributed by atoms with van der Waals surface area (Å²) in [4.78, 5) is 0. The van der Waals surface area contributed by atoms with Gasteiger partial charge in [0, 0.05) is 10.6 Å². The van der Waals surface area contributed by atoms with Gasteiger partial charge in [-0.15, -0.1) is 0 Å². The molecule has 0 aliphatic heterocycles. The van der Waals surface area contributed by atoms with Gasteiger partial charge in [-0.1, -0.05) is 11.6 Å². The minimum atomic E-state index is -0.466. The number of aliphatic hydroxyl groups excluding tert-OH is 1. The summed E-state index contributed by atoms with van der Waals surface area (Å²) in [5.74, 6) is 0.723. The maximum atomic E-state index is 9.16. The Morgan fingerprint density at radius 1 is 1.25 bits per heavy atom. The monoisotopic (exact) mass is 243 g/mol. The lowest BCUT2D eigenvalue weighted by Gasteiger charge is -2.21. The van der Waals surface area contributed by atoms with Crippen LogP contribution in [0.4, 0.5) is 0 Å². The number of halogens is 1. The Morgan fingerprint density at radius 2 is 1.81 bits per heavy atom. The molecule has 3 nitrogen and oxygen atoms in total. The first-order valence-electron chi connectivity index (χ1n) is 5.15. The number of benzene rings is 1. The van der Waals surface area contributed by atoms with Gasteiger partial charge in [0.25, 0.3) is 0 Å². The van der Waals surface area contributed by atoms with Crippen molar-refractivity contribution in [3.8, 4) is 5.75 Å². The van der Waals surface area contributed by atoms with Crippen molar-refractivity contribution >= 4 is 11.6 Å². The van der Waals surface area contributed by atoms with Crippen LogP contribution in [-0.2, 0) is 0 Å². The van der Waals surface area contributed by atoms with E-state index in [-0.39, 0.29) is 6.61 Å². The van der Waals surface area contributed by atoms with Crippen molar-refractivity contribution in [2.45, 2.75) is 26.8 Å². The van der Waals surface area contributed by atoms with Gasteiger partial charge < -0.3 is 15.6 Å². The molecule has 0 fully saturated rings. The molecule has 16 heavy (non-hydrogen) atoms. The fourth-order valence-electron chi connectivity index (χ4n) is 1.91. The van der Waals surface area contributed by atoms with Crippen molar-refractivity contribution in [3.05, 3.63) is 27.3 Å². The van der Waals surface area contributed by atoms with Gasteiger partial charge in [-0.05, 0) is 37.5 Å². The molecule has 0 spiro atoms. The second-order valence-corrected chi connectivity index (χ2v) is 4.30. The van der Waals surface area contributed by atoms with E-state index in [1.54, 1.807) is 7.11 Å². The van der Waals surface area contributed by atoms with Crippen molar-refractivity contribution in [1.82, 2.24) is 0 Å². The second kappa shape index (κ2) is 5.04. The first-order valence-corrected chi connectivity index (χ1v) is 5.53. The molecule has 0 aromatic heterocycles. The molecule has 0 radical (unpaired) electrons. The summed E-state index contributed by atoms with van der Waals surface area (Å²) in [6.45, 7) is 5.65. The third-order valence-corrected chi connectivity index (χ3v) is 3.55. The first kappa shape index (κ1) is 13.3. The molecule has 1 aromatic carbocycles. The molecule has 90 valence electrons. The predicted molar refractivity (Wildman–Crippen MR) is 66.2 cm³/mol. The lowest BCUT2D eigenvalue weighted by atomic mass is 9.94. The molecule has 0 amide bonds. The molecule has 1 rings (SSSR count). The molecular formula is C12H18ClNO2. The topological polar surface area (TPSA) is 55.5 Å². The van der Waals surface area contributed by atoms with E-state index in [1.165, 1.54) is 0 Å². The van der Waals surface area contributed by atoms with Gasteiger partial charge in [0.2, 0.25) is 0 Å². The van der Waals surface area contributed by atoms with Crippen LogP contribution in [0.3, 0.4) is 0 Å². The van der Waals surface area contributed by atoms with E-state index in [0.29, 0.717) is 5.02 Å². The van der Waals surface area contributed by atoms with Crippen LogP contribution in [0.15, 0.2) is 0 Å². The lowest BCUT2D eigenvalue weighted by Crippen LogP contribution is -2.18. The Hall–Kier alpha value is -0.770. The van der Waals surface area contributed by atoms with Crippen molar-refractivity contribution in [3.63, 3.8) is 0 Å². The highest BCUT2D eigenvalue weighted by molar-refractivity contribution is 6.32. The smallest absolute Gasteiger partial charge is 0.127 e. The van der Waals surface area contributed by atoms with Crippen LogP contribution < -0.4 is 10.5 Å². The molecule has 0 aliphatic rings. The molecule has 0 saturated carbocycles. The number of aliphatic hydroxyl groups is 1. The van der Waals surface area contributed by atoms with Gasteiger partial charge in [0.15, 0.2) is 0 Å². The molecule has 1 atom stereocenters. The Balaban J connectivity index is 3.57. The molecule has 1 unspecified atom stereocenters. The zero-order valence-electron chi connectivity index (χ0n) is 10.1. The second-order valence-electron chi connectivity index (χ2n) is 3.92. The highest BCUT2D eigenvalue weighted by Gasteiger charge is 2.20. The van der Waals surface area contributed by atoms with Crippen LogP contribution in [0.25, 0.3) is 0 Å². The SMILES string of the molecule is COc1c(C)c(C)c(Cl)c(C)c1C(N)CO. The van der Waals surface area contributed by atoms with E-state index >= 15 is 0 Å². The third kappa shape index (κ3) is 2.03. The van der Waals surface area contributed by atoms with Crippen LogP contribution in [0.2, 0.25) is 5.02 Å². The van der Waals surface area contributed by atoms with Crippen LogP contribution in [0, 0.1) is 20.8 Å². The molecule has 1 aromatic rings. The highest BCUT2D eigenvalue weighted by atomic mass is 35.5. The van der Waals surface area contributed by atoms with Crippen molar-refractivity contribution < 1.29 is 9.84 Å². The van der Waals surface area contributed by atoms with Crippen LogP contribution in [0.5, 0.6) is 5.75 Å². The van der Waals surface area contributed by atoms with Crippen LogP contribution in [0.1, 0.15) is 28.3 Å². The van der Waals surface area contributed by atoms with Crippen molar-refractivity contribution in [1.29, 1.82) is 0 Å². The third-order valence-electron chi connectivity index (χ3n) is 2.98. The van der Waals surface area contributed by atoms with E-state index in [0.717, 1.165) is 28.0 Å². The zero-order chi connectivity index (χ0) is 12.5. The lowest BCUT2D eigenvalue weighted by molar-refractivity contribution is 0.264. The number of nitrogens with two attached hydrogens (primary N) is 1. The number of methoxy groups -OCH3 is 1. The van der Waals surface area contributed by atoms with Gasteiger partial charge in [0.1, 0.15) is 5.75 Å². The van der Waals surface area contributed by atoms with Crippen molar-refractivity contribution in [2.75, 3.05) is 13.7 Å². The fraction of sp³-hybridized carbons (Fsp3) is 0.500. The van der Waals surface area contributed by atoms with E-state index in [9.17, 15) is 0 Å². The van der Waals surface area contributed by atoms with Crippen LogP contribution in [-0.4, -0.2) is 18.8 Å². The summed E-state index contributed by atoms with van der Waals surface area (Å²) in [6, 6.07) is -0.466. The Kier molecular flexibility index (Phi) is 4.19. The summed E-state index contributed by atoms with van der Waals surface area (Å²) in [5, 5.41) is 9.85. The van der Waals surface area contributed by atoms with Gasteiger partial charge in [-0.2, -0.15) is 0 Å². The largest absolute Gasteiger partial charge is 0.496 e. The molecule has 0 bridgehead atoms. The Labute approximate surface area is 101 Å².